The first-order chi connectivity index (χ1) is 8.95. The van der Waals surface area contributed by atoms with Crippen LogP contribution in [0.5, 0.6) is 0 Å². The maximum absolute atomic E-state index is 11.6. The number of carbonyl (C=O) groups excluding carboxylic acids is 1. The molecule has 0 unspecified atom stereocenters. The summed E-state index contributed by atoms with van der Waals surface area (Å²) >= 11 is 0. The molecule has 0 aliphatic carbocycles. The van der Waals surface area contributed by atoms with Gasteiger partial charge >= 0.3 is 5.97 Å². The molecular formula is C13H26N2O4. The number of rotatable bonds is 11. The minimum absolute atomic E-state index is 0.0589. The van der Waals surface area contributed by atoms with Gasteiger partial charge in [0.1, 0.15) is 0 Å². The van der Waals surface area contributed by atoms with Crippen molar-refractivity contribution in [3.63, 3.8) is 0 Å². The summed E-state index contributed by atoms with van der Waals surface area (Å²) in [5.74, 6) is -0.915. The van der Waals surface area contributed by atoms with Crippen molar-refractivity contribution in [3.05, 3.63) is 0 Å². The summed E-state index contributed by atoms with van der Waals surface area (Å²) in [7, 11) is 0. The highest BCUT2D eigenvalue weighted by atomic mass is 16.5. The minimum atomic E-state index is -0.843. The molecule has 0 spiro atoms. The molecule has 2 N–H and O–H groups in total. The molecule has 0 radical (unpaired) electrons. The summed E-state index contributed by atoms with van der Waals surface area (Å²) in [4.78, 5) is 23.9. The molecule has 0 atom stereocenters. The van der Waals surface area contributed by atoms with Crippen molar-refractivity contribution in [3.8, 4) is 0 Å². The third kappa shape index (κ3) is 11.7. The lowest BCUT2D eigenvalue weighted by Gasteiger charge is -2.18. The van der Waals surface area contributed by atoms with Crippen LogP contribution in [0.4, 0.5) is 0 Å². The zero-order chi connectivity index (χ0) is 14.7. The van der Waals surface area contributed by atoms with Crippen LogP contribution in [0, 0.1) is 0 Å². The molecule has 0 heterocycles. The summed E-state index contributed by atoms with van der Waals surface area (Å²) in [6, 6.07) is 0. The van der Waals surface area contributed by atoms with E-state index in [1.54, 1.807) is 0 Å². The fourth-order valence-corrected chi connectivity index (χ4v) is 1.48. The van der Waals surface area contributed by atoms with Gasteiger partial charge in [0.15, 0.2) is 0 Å². The van der Waals surface area contributed by atoms with Crippen LogP contribution in [0.2, 0.25) is 0 Å². The van der Waals surface area contributed by atoms with E-state index in [0.717, 1.165) is 6.42 Å². The lowest BCUT2D eigenvalue weighted by Crippen LogP contribution is -2.38. The molecule has 0 fully saturated rings. The highest BCUT2D eigenvalue weighted by molar-refractivity contribution is 5.78. The first-order valence-electron chi connectivity index (χ1n) is 6.78. The Morgan fingerprint density at radius 3 is 2.58 bits per heavy atom. The van der Waals surface area contributed by atoms with E-state index in [4.69, 9.17) is 9.84 Å². The van der Waals surface area contributed by atoms with Gasteiger partial charge in [-0.2, -0.15) is 0 Å². The monoisotopic (exact) mass is 274 g/mol. The number of carboxylic acid groups (broad SMARTS) is 1. The summed E-state index contributed by atoms with van der Waals surface area (Å²) in [6.45, 7) is 8.38. The van der Waals surface area contributed by atoms with E-state index in [2.05, 4.69) is 5.32 Å². The van der Waals surface area contributed by atoms with Crippen molar-refractivity contribution in [2.45, 2.75) is 39.7 Å². The second kappa shape index (κ2) is 10.8. The van der Waals surface area contributed by atoms with Crippen molar-refractivity contribution >= 4 is 11.9 Å². The van der Waals surface area contributed by atoms with E-state index < -0.39 is 5.97 Å². The molecule has 0 aromatic heterocycles. The van der Waals surface area contributed by atoms with Crippen molar-refractivity contribution in [1.29, 1.82) is 0 Å². The Balaban J connectivity index is 3.67. The van der Waals surface area contributed by atoms with Gasteiger partial charge in [-0.25, -0.2) is 0 Å². The SMILES string of the molecule is CCN(CCC(=O)O)CC(=O)NCCCOC(C)C. The van der Waals surface area contributed by atoms with Crippen LogP contribution >= 0.6 is 0 Å². The molecule has 0 rings (SSSR count). The fourth-order valence-electron chi connectivity index (χ4n) is 1.48. The Hall–Kier alpha value is -1.14. The van der Waals surface area contributed by atoms with E-state index in [1.165, 1.54) is 0 Å². The van der Waals surface area contributed by atoms with Crippen LogP contribution in [-0.2, 0) is 14.3 Å². The van der Waals surface area contributed by atoms with Gasteiger partial charge in [-0.15, -0.1) is 0 Å². The topological polar surface area (TPSA) is 78.9 Å². The summed E-state index contributed by atoms with van der Waals surface area (Å²) < 4.78 is 5.36. The molecule has 0 bridgehead atoms. The Labute approximate surface area is 115 Å². The number of carboxylic acids is 1. The molecule has 0 saturated heterocycles. The average Bonchev–Trinajstić information content (AvgIpc) is 2.33. The van der Waals surface area contributed by atoms with E-state index in [1.807, 2.05) is 25.7 Å². The number of amides is 1. The van der Waals surface area contributed by atoms with Gasteiger partial charge < -0.3 is 15.2 Å². The lowest BCUT2D eigenvalue weighted by atomic mass is 10.3. The summed E-state index contributed by atoms with van der Waals surface area (Å²) in [5, 5.41) is 11.4. The third-order valence-corrected chi connectivity index (χ3v) is 2.55. The number of nitrogens with zero attached hydrogens (tertiary/aromatic N) is 1. The van der Waals surface area contributed by atoms with Gasteiger partial charge in [-0.05, 0) is 26.8 Å². The highest BCUT2D eigenvalue weighted by Gasteiger charge is 2.10. The molecule has 0 saturated carbocycles. The predicted octanol–water partition coefficient (Wildman–Crippen LogP) is 0.714. The van der Waals surface area contributed by atoms with Crippen molar-refractivity contribution in [2.75, 3.05) is 32.8 Å². The molecule has 0 aliphatic rings. The van der Waals surface area contributed by atoms with Crippen molar-refractivity contribution < 1.29 is 19.4 Å². The van der Waals surface area contributed by atoms with Gasteiger partial charge in [0.25, 0.3) is 0 Å². The predicted molar refractivity (Wildman–Crippen MR) is 73.1 cm³/mol. The fraction of sp³-hybridized carbons (Fsp3) is 0.846. The first kappa shape index (κ1) is 17.9. The third-order valence-electron chi connectivity index (χ3n) is 2.55. The summed E-state index contributed by atoms with van der Waals surface area (Å²) in [6.07, 6.45) is 1.05. The van der Waals surface area contributed by atoms with Crippen molar-refractivity contribution in [1.82, 2.24) is 10.2 Å². The quantitative estimate of drug-likeness (QED) is 0.543. The molecule has 6 heteroatoms. The maximum Gasteiger partial charge on any atom is 0.304 e. The zero-order valence-corrected chi connectivity index (χ0v) is 12.1. The highest BCUT2D eigenvalue weighted by Crippen LogP contribution is 1.92. The number of hydrogen-bond acceptors (Lipinski definition) is 4. The lowest BCUT2D eigenvalue weighted by molar-refractivity contribution is -0.137. The molecule has 6 nitrogen and oxygen atoms in total. The Morgan fingerprint density at radius 1 is 1.37 bits per heavy atom. The van der Waals surface area contributed by atoms with Crippen LogP contribution in [0.3, 0.4) is 0 Å². The largest absolute Gasteiger partial charge is 0.481 e. The Morgan fingerprint density at radius 2 is 2.05 bits per heavy atom. The van der Waals surface area contributed by atoms with E-state index >= 15 is 0 Å². The molecule has 1 amide bonds. The van der Waals surface area contributed by atoms with Crippen LogP contribution in [0.15, 0.2) is 0 Å². The second-order valence-corrected chi connectivity index (χ2v) is 4.64. The van der Waals surface area contributed by atoms with Gasteiger partial charge in [0.2, 0.25) is 5.91 Å². The van der Waals surface area contributed by atoms with Crippen LogP contribution in [0.1, 0.15) is 33.6 Å². The molecule has 0 aromatic rings. The smallest absolute Gasteiger partial charge is 0.304 e. The number of likely N-dealkylation sites (N-methyl/N-ethyl adjacent to an activating group) is 1. The molecule has 0 aliphatic heterocycles. The van der Waals surface area contributed by atoms with E-state index in [-0.39, 0.29) is 25.0 Å². The normalized spacial score (nSPS) is 11.0. The zero-order valence-electron chi connectivity index (χ0n) is 12.1. The van der Waals surface area contributed by atoms with Crippen LogP contribution < -0.4 is 5.32 Å². The standard InChI is InChI=1S/C13H26N2O4/c1-4-15(8-6-13(17)18)10-12(16)14-7-5-9-19-11(2)3/h11H,4-10H2,1-3H3,(H,14,16)(H,17,18). The first-order valence-corrected chi connectivity index (χ1v) is 6.78. The molecule has 19 heavy (non-hydrogen) atoms. The number of ether oxygens (including phenoxy) is 1. The number of nitrogens with one attached hydrogen (secondary N) is 1. The Kier molecular flexibility index (Phi) is 10.1. The number of hydrogen-bond donors (Lipinski definition) is 2. The maximum atomic E-state index is 11.6. The number of carbonyl (C=O) groups is 2. The van der Waals surface area contributed by atoms with Gasteiger partial charge in [-0.3, -0.25) is 14.5 Å². The Bertz CT molecular complexity index is 269. The molecular weight excluding hydrogens is 248 g/mol. The second-order valence-electron chi connectivity index (χ2n) is 4.64. The average molecular weight is 274 g/mol. The van der Waals surface area contributed by atoms with Gasteiger partial charge in [0.05, 0.1) is 19.1 Å². The minimum Gasteiger partial charge on any atom is -0.481 e. The van der Waals surface area contributed by atoms with E-state index in [0.29, 0.717) is 26.2 Å². The number of aliphatic carboxylic acids is 1. The van der Waals surface area contributed by atoms with Gasteiger partial charge in [-0.1, -0.05) is 6.92 Å². The molecule has 0 aromatic carbocycles. The molecule has 112 valence electrons. The van der Waals surface area contributed by atoms with Crippen LogP contribution in [-0.4, -0.2) is 60.8 Å². The summed E-state index contributed by atoms with van der Waals surface area (Å²) in [5.41, 5.74) is 0. The van der Waals surface area contributed by atoms with Crippen molar-refractivity contribution in [2.24, 2.45) is 0 Å². The van der Waals surface area contributed by atoms with E-state index in [9.17, 15) is 9.59 Å². The van der Waals surface area contributed by atoms with Gasteiger partial charge in [0, 0.05) is 19.7 Å². The van der Waals surface area contributed by atoms with Crippen LogP contribution in [0.25, 0.3) is 0 Å².